The Bertz CT molecular complexity index is 807. The highest BCUT2D eigenvalue weighted by Gasteiger charge is 2.02. The second kappa shape index (κ2) is 6.60. The first-order chi connectivity index (χ1) is 10.1. The molecule has 1 aromatic heterocycles. The van der Waals surface area contributed by atoms with Crippen LogP contribution < -0.4 is 0 Å². The molecule has 0 spiro atoms. The van der Waals surface area contributed by atoms with Crippen molar-refractivity contribution >= 4 is 34.5 Å². The number of carboxylic acids is 1. The third-order valence-corrected chi connectivity index (χ3v) is 2.95. The van der Waals surface area contributed by atoms with Crippen molar-refractivity contribution in [1.82, 2.24) is 4.98 Å². The Kier molecular flexibility index (Phi) is 4.60. The van der Waals surface area contributed by atoms with Crippen LogP contribution in [0.1, 0.15) is 5.69 Å². The summed E-state index contributed by atoms with van der Waals surface area (Å²) in [6, 6.07) is 9.14. The van der Waals surface area contributed by atoms with Gasteiger partial charge < -0.3 is 10.1 Å². The van der Waals surface area contributed by atoms with E-state index in [0.717, 1.165) is 16.6 Å². The quantitative estimate of drug-likeness (QED) is 0.510. The Morgan fingerprint density at radius 2 is 2.10 bits per heavy atom. The molecule has 4 nitrogen and oxygen atoms in total. The monoisotopic (exact) mass is 298 g/mol. The topological polar surface area (TPSA) is 76.9 Å². The summed E-state index contributed by atoms with van der Waals surface area (Å²) in [4.78, 5) is 13.8. The number of nitrogens with zero attached hydrogens (tertiary/aromatic N) is 1. The van der Waals surface area contributed by atoms with E-state index >= 15 is 0 Å². The minimum atomic E-state index is -1.24. The molecule has 0 aliphatic rings. The predicted molar refractivity (Wildman–Crippen MR) is 82.8 cm³/mol. The number of rotatable bonds is 4. The molecule has 2 rings (SSSR count). The number of carboxylic acid groups (broad SMARTS) is 1. The van der Waals surface area contributed by atoms with Gasteiger partial charge in [0.1, 0.15) is 11.6 Å². The van der Waals surface area contributed by atoms with Crippen LogP contribution >= 0.6 is 11.6 Å². The number of benzene rings is 1. The molecule has 5 heteroatoms. The number of aliphatic carboxylic acids is 1. The number of halogens is 1. The molecule has 0 amide bonds. The zero-order valence-corrected chi connectivity index (χ0v) is 11.6. The lowest BCUT2D eigenvalue weighted by Crippen LogP contribution is -1.96. The first-order valence-corrected chi connectivity index (χ1v) is 6.44. The molecule has 2 N–H and O–H groups in total. The molecule has 104 valence electrons. The summed E-state index contributed by atoms with van der Waals surface area (Å²) in [7, 11) is 0. The van der Waals surface area contributed by atoms with Gasteiger partial charge in [-0.05, 0) is 36.4 Å². The maximum Gasteiger partial charge on any atom is 0.346 e. The molecule has 1 aromatic carbocycles. The number of fused-ring (bicyclic) bond motifs is 1. The van der Waals surface area contributed by atoms with E-state index in [1.807, 2.05) is 30.3 Å². The fourth-order valence-corrected chi connectivity index (χ4v) is 1.93. The minimum absolute atomic E-state index is 0.306. The lowest BCUT2D eigenvalue weighted by molar-refractivity contribution is -0.132. The molecule has 0 saturated heterocycles. The van der Waals surface area contributed by atoms with Crippen LogP contribution in [0, 0.1) is 11.3 Å². The van der Waals surface area contributed by atoms with Crippen molar-refractivity contribution in [3.05, 3.63) is 64.9 Å². The van der Waals surface area contributed by atoms with Gasteiger partial charge in [0, 0.05) is 21.6 Å². The molecule has 0 fully saturated rings. The number of hydrogen-bond donors (Lipinski definition) is 2. The van der Waals surface area contributed by atoms with Gasteiger partial charge in [-0.2, -0.15) is 5.26 Å². The fraction of sp³-hybridized carbons (Fsp3) is 0. The van der Waals surface area contributed by atoms with Gasteiger partial charge in [-0.25, -0.2) is 4.79 Å². The van der Waals surface area contributed by atoms with Crippen LogP contribution in [-0.4, -0.2) is 16.1 Å². The van der Waals surface area contributed by atoms with Crippen LogP contribution in [0.3, 0.4) is 0 Å². The van der Waals surface area contributed by atoms with Gasteiger partial charge in [-0.1, -0.05) is 29.8 Å². The van der Waals surface area contributed by atoms with Crippen LogP contribution in [0.5, 0.6) is 0 Å². The van der Waals surface area contributed by atoms with Gasteiger partial charge in [-0.15, -0.1) is 0 Å². The molecule has 21 heavy (non-hydrogen) atoms. The molecule has 0 saturated carbocycles. The highest BCUT2D eigenvalue weighted by molar-refractivity contribution is 6.31. The average Bonchev–Trinajstić information content (AvgIpc) is 2.84. The number of hydrogen-bond acceptors (Lipinski definition) is 2. The summed E-state index contributed by atoms with van der Waals surface area (Å²) in [6.07, 6.45) is 7.99. The minimum Gasteiger partial charge on any atom is -0.477 e. The highest BCUT2D eigenvalue weighted by Crippen LogP contribution is 2.20. The van der Waals surface area contributed by atoms with Crippen molar-refractivity contribution in [2.75, 3.05) is 0 Å². The maximum atomic E-state index is 10.6. The first kappa shape index (κ1) is 14.6. The standard InChI is InChI=1S/C16H11ClN2O2/c17-13-6-7-15-12(8-13)9-14(19-15)5-3-1-2-4-11(10-18)16(20)21/h1-9,19H,(H,20,21). The second-order valence-electron chi connectivity index (χ2n) is 4.20. The summed E-state index contributed by atoms with van der Waals surface area (Å²) in [5, 5.41) is 18.9. The molecular formula is C16H11ClN2O2. The number of nitriles is 1. The number of nitrogens with one attached hydrogen (secondary N) is 1. The second-order valence-corrected chi connectivity index (χ2v) is 4.63. The largest absolute Gasteiger partial charge is 0.477 e. The fourth-order valence-electron chi connectivity index (χ4n) is 1.75. The van der Waals surface area contributed by atoms with Gasteiger partial charge in [0.2, 0.25) is 0 Å². The Morgan fingerprint density at radius 3 is 2.81 bits per heavy atom. The van der Waals surface area contributed by atoms with E-state index in [4.69, 9.17) is 22.0 Å². The van der Waals surface area contributed by atoms with Crippen molar-refractivity contribution in [3.8, 4) is 6.07 Å². The first-order valence-electron chi connectivity index (χ1n) is 6.07. The van der Waals surface area contributed by atoms with Crippen molar-refractivity contribution in [2.45, 2.75) is 0 Å². The SMILES string of the molecule is N#CC(=CC=CC=Cc1cc2cc(Cl)ccc2[nH]1)C(=O)O. The number of aromatic nitrogens is 1. The van der Waals surface area contributed by atoms with E-state index in [1.54, 1.807) is 18.2 Å². The van der Waals surface area contributed by atoms with Gasteiger partial charge in [0.15, 0.2) is 0 Å². The van der Waals surface area contributed by atoms with Crippen molar-refractivity contribution in [1.29, 1.82) is 5.26 Å². The summed E-state index contributed by atoms with van der Waals surface area (Å²) in [5.41, 5.74) is 1.58. The smallest absolute Gasteiger partial charge is 0.346 e. The van der Waals surface area contributed by atoms with Crippen molar-refractivity contribution in [2.24, 2.45) is 0 Å². The van der Waals surface area contributed by atoms with Gasteiger partial charge >= 0.3 is 5.97 Å². The molecule has 0 unspecified atom stereocenters. The Labute approximate surface area is 126 Å². The Morgan fingerprint density at radius 1 is 1.29 bits per heavy atom. The summed E-state index contributed by atoms with van der Waals surface area (Å²) < 4.78 is 0. The van der Waals surface area contributed by atoms with Crippen molar-refractivity contribution < 1.29 is 9.90 Å². The van der Waals surface area contributed by atoms with Gasteiger partial charge in [0.25, 0.3) is 0 Å². The zero-order chi connectivity index (χ0) is 15.2. The number of aromatic amines is 1. The molecule has 0 atom stereocenters. The van der Waals surface area contributed by atoms with Crippen molar-refractivity contribution in [3.63, 3.8) is 0 Å². The van der Waals surface area contributed by atoms with Gasteiger partial charge in [-0.3, -0.25) is 0 Å². The molecule has 2 aromatic rings. The molecule has 0 radical (unpaired) electrons. The van der Waals surface area contributed by atoms with E-state index in [2.05, 4.69) is 4.98 Å². The summed E-state index contributed by atoms with van der Waals surface area (Å²) >= 11 is 5.92. The summed E-state index contributed by atoms with van der Waals surface area (Å²) in [6.45, 7) is 0. The Hall–Kier alpha value is -2.77. The number of H-pyrrole nitrogens is 1. The van der Waals surface area contributed by atoms with Gasteiger partial charge in [0.05, 0.1) is 0 Å². The van der Waals surface area contributed by atoms with Crippen LogP contribution in [-0.2, 0) is 4.79 Å². The average molecular weight is 299 g/mol. The lowest BCUT2D eigenvalue weighted by atomic mass is 10.2. The van der Waals surface area contributed by atoms with E-state index < -0.39 is 5.97 Å². The van der Waals surface area contributed by atoms with E-state index in [-0.39, 0.29) is 5.57 Å². The molecule has 0 aliphatic carbocycles. The third-order valence-electron chi connectivity index (χ3n) is 2.72. The number of allylic oxidation sites excluding steroid dienone is 4. The van der Waals surface area contributed by atoms with E-state index in [1.165, 1.54) is 12.2 Å². The molecule has 1 heterocycles. The predicted octanol–water partition coefficient (Wildman–Crippen LogP) is 3.93. The molecule has 0 bridgehead atoms. The Balaban J connectivity index is 2.10. The van der Waals surface area contributed by atoms with Crippen LogP contribution in [0.25, 0.3) is 17.0 Å². The molecular weight excluding hydrogens is 288 g/mol. The summed E-state index contributed by atoms with van der Waals surface area (Å²) in [5.74, 6) is -1.24. The van der Waals surface area contributed by atoms with Crippen LogP contribution in [0.15, 0.2) is 54.1 Å². The van der Waals surface area contributed by atoms with Crippen LogP contribution in [0.4, 0.5) is 0 Å². The zero-order valence-electron chi connectivity index (χ0n) is 10.9. The van der Waals surface area contributed by atoms with E-state index in [0.29, 0.717) is 5.02 Å². The normalized spacial score (nSPS) is 12.3. The van der Waals surface area contributed by atoms with Crippen LogP contribution in [0.2, 0.25) is 5.02 Å². The molecule has 0 aliphatic heterocycles. The number of carbonyl (C=O) groups is 1. The maximum absolute atomic E-state index is 10.6. The third kappa shape index (κ3) is 3.85. The lowest BCUT2D eigenvalue weighted by Gasteiger charge is -1.88. The van der Waals surface area contributed by atoms with E-state index in [9.17, 15) is 4.79 Å². The highest BCUT2D eigenvalue weighted by atomic mass is 35.5.